The molecule has 0 unspecified atom stereocenters. The van der Waals surface area contributed by atoms with Crippen molar-refractivity contribution in [1.29, 1.82) is 0 Å². The molecule has 0 atom stereocenters. The molecule has 23 heavy (non-hydrogen) atoms. The number of nitrogens with zero attached hydrogens (tertiary/aromatic N) is 2. The van der Waals surface area contributed by atoms with E-state index in [1.807, 2.05) is 30.0 Å². The predicted molar refractivity (Wildman–Crippen MR) is 96.5 cm³/mol. The van der Waals surface area contributed by atoms with Crippen molar-refractivity contribution >= 4 is 33.4 Å². The van der Waals surface area contributed by atoms with Gasteiger partial charge in [0.2, 0.25) is 11.8 Å². The molecule has 5 heteroatoms. The van der Waals surface area contributed by atoms with Crippen molar-refractivity contribution in [1.82, 2.24) is 4.90 Å². The lowest BCUT2D eigenvalue weighted by atomic mass is 9.99. The maximum Gasteiger partial charge on any atom is 0.224 e. The first-order chi connectivity index (χ1) is 10.9. The lowest BCUT2D eigenvalue weighted by Gasteiger charge is -2.31. The quantitative estimate of drug-likeness (QED) is 0.797. The number of hydrogen-bond acceptors (Lipinski definition) is 2. The van der Waals surface area contributed by atoms with Crippen LogP contribution in [0.3, 0.4) is 0 Å². The number of aryl methyl sites for hydroxylation is 1. The first-order valence-electron chi connectivity index (χ1n) is 8.20. The van der Waals surface area contributed by atoms with E-state index >= 15 is 0 Å². The second-order valence-electron chi connectivity index (χ2n) is 6.41. The van der Waals surface area contributed by atoms with Crippen LogP contribution in [0.1, 0.15) is 38.7 Å². The Labute approximate surface area is 147 Å². The average Bonchev–Trinajstić information content (AvgIpc) is 2.49. The van der Waals surface area contributed by atoms with Gasteiger partial charge in [-0.05, 0) is 49.4 Å². The van der Waals surface area contributed by atoms with Gasteiger partial charge in [-0.3, -0.25) is 9.59 Å². The second-order valence-corrected chi connectivity index (χ2v) is 7.33. The number of anilines is 1. The molecule has 0 radical (unpaired) electrons. The van der Waals surface area contributed by atoms with Gasteiger partial charge in [0.25, 0.3) is 0 Å². The number of amides is 2. The van der Waals surface area contributed by atoms with Crippen molar-refractivity contribution < 1.29 is 9.59 Å². The largest absolute Gasteiger partial charge is 0.343 e. The van der Waals surface area contributed by atoms with Gasteiger partial charge < -0.3 is 9.80 Å². The number of hydrogen-bond donors (Lipinski definition) is 0. The highest BCUT2D eigenvalue weighted by Crippen LogP contribution is 2.24. The highest BCUT2D eigenvalue weighted by Gasteiger charge is 2.22. The van der Waals surface area contributed by atoms with Crippen molar-refractivity contribution in [2.75, 3.05) is 24.5 Å². The molecular weight excluding hydrogens is 356 g/mol. The fourth-order valence-corrected chi connectivity index (χ4v) is 3.47. The van der Waals surface area contributed by atoms with Crippen LogP contribution in [0.4, 0.5) is 5.69 Å². The SMILES string of the molecule is CC(=O)N(CCC(=O)N1CCC(C)CC1)c1ccc(Br)cc1C. The summed E-state index contributed by atoms with van der Waals surface area (Å²) in [5, 5.41) is 0. The van der Waals surface area contributed by atoms with Crippen molar-refractivity contribution in [3.05, 3.63) is 28.2 Å². The molecule has 1 aromatic carbocycles. The third-order valence-corrected chi connectivity index (χ3v) is 5.01. The van der Waals surface area contributed by atoms with Gasteiger partial charge in [0.1, 0.15) is 0 Å². The Balaban J connectivity index is 2.00. The van der Waals surface area contributed by atoms with Gasteiger partial charge in [-0.2, -0.15) is 0 Å². The highest BCUT2D eigenvalue weighted by atomic mass is 79.9. The van der Waals surface area contributed by atoms with Crippen molar-refractivity contribution in [3.63, 3.8) is 0 Å². The summed E-state index contributed by atoms with van der Waals surface area (Å²) in [6.45, 7) is 7.88. The smallest absolute Gasteiger partial charge is 0.224 e. The monoisotopic (exact) mass is 380 g/mol. The van der Waals surface area contributed by atoms with Gasteiger partial charge >= 0.3 is 0 Å². The third kappa shape index (κ3) is 4.80. The van der Waals surface area contributed by atoms with Crippen molar-refractivity contribution in [2.24, 2.45) is 5.92 Å². The zero-order chi connectivity index (χ0) is 17.0. The molecule has 0 aliphatic carbocycles. The fourth-order valence-electron chi connectivity index (χ4n) is 2.99. The number of likely N-dealkylation sites (tertiary alicyclic amines) is 1. The zero-order valence-corrected chi connectivity index (χ0v) is 15.7. The molecule has 0 aromatic heterocycles. The van der Waals surface area contributed by atoms with E-state index in [0.717, 1.165) is 41.7 Å². The average molecular weight is 381 g/mol. The standard InChI is InChI=1S/C18H25BrN2O2/c1-13-6-9-20(10-7-13)18(23)8-11-21(15(3)22)17-5-4-16(19)12-14(17)2/h4-5,12-13H,6-11H2,1-3H3. The number of carbonyl (C=O) groups excluding carboxylic acids is 2. The Hall–Kier alpha value is -1.36. The first-order valence-corrected chi connectivity index (χ1v) is 9.00. The van der Waals surface area contributed by atoms with Gasteiger partial charge in [-0.1, -0.05) is 22.9 Å². The van der Waals surface area contributed by atoms with E-state index in [2.05, 4.69) is 22.9 Å². The fraction of sp³-hybridized carbons (Fsp3) is 0.556. The van der Waals surface area contributed by atoms with Crippen LogP contribution in [-0.4, -0.2) is 36.3 Å². The molecule has 4 nitrogen and oxygen atoms in total. The molecular formula is C18H25BrN2O2. The van der Waals surface area contributed by atoms with Crippen LogP contribution in [0.25, 0.3) is 0 Å². The minimum absolute atomic E-state index is 0.0320. The molecule has 2 amide bonds. The van der Waals surface area contributed by atoms with Gasteiger partial charge in [-0.15, -0.1) is 0 Å². The topological polar surface area (TPSA) is 40.6 Å². The molecule has 2 rings (SSSR count). The Morgan fingerprint density at radius 2 is 1.96 bits per heavy atom. The summed E-state index contributed by atoms with van der Waals surface area (Å²) in [4.78, 5) is 28.0. The molecule has 0 spiro atoms. The molecule has 1 aromatic rings. The van der Waals surface area contributed by atoms with E-state index < -0.39 is 0 Å². The van der Waals surface area contributed by atoms with E-state index in [1.165, 1.54) is 0 Å². The minimum atomic E-state index is -0.0320. The number of piperidine rings is 1. The summed E-state index contributed by atoms with van der Waals surface area (Å²) in [5.41, 5.74) is 1.90. The van der Waals surface area contributed by atoms with Crippen LogP contribution >= 0.6 is 15.9 Å². The lowest BCUT2D eigenvalue weighted by molar-refractivity contribution is -0.132. The summed E-state index contributed by atoms with van der Waals surface area (Å²) in [5.74, 6) is 0.826. The third-order valence-electron chi connectivity index (χ3n) is 4.52. The van der Waals surface area contributed by atoms with Crippen molar-refractivity contribution in [2.45, 2.75) is 40.0 Å². The molecule has 0 bridgehead atoms. The molecule has 1 saturated heterocycles. The summed E-state index contributed by atoms with van der Waals surface area (Å²) in [6.07, 6.45) is 2.53. The van der Waals surface area contributed by atoms with Crippen LogP contribution in [0.2, 0.25) is 0 Å². The summed E-state index contributed by atoms with van der Waals surface area (Å²) in [7, 11) is 0. The number of rotatable bonds is 4. The lowest BCUT2D eigenvalue weighted by Crippen LogP contribution is -2.40. The van der Waals surface area contributed by atoms with E-state index in [-0.39, 0.29) is 11.8 Å². The molecule has 1 aliphatic heterocycles. The Bertz CT molecular complexity index is 580. The van der Waals surface area contributed by atoms with Crippen molar-refractivity contribution in [3.8, 4) is 0 Å². The van der Waals surface area contributed by atoms with E-state index in [1.54, 1.807) is 11.8 Å². The van der Waals surface area contributed by atoms with Crippen LogP contribution in [0.15, 0.2) is 22.7 Å². The van der Waals surface area contributed by atoms with Crippen LogP contribution in [0.5, 0.6) is 0 Å². The maximum absolute atomic E-state index is 12.4. The van der Waals surface area contributed by atoms with Gasteiger partial charge in [0.05, 0.1) is 0 Å². The van der Waals surface area contributed by atoms with Gasteiger partial charge in [0, 0.05) is 43.1 Å². The van der Waals surface area contributed by atoms with E-state index in [4.69, 9.17) is 0 Å². The molecule has 1 fully saturated rings. The van der Waals surface area contributed by atoms with Gasteiger partial charge in [0.15, 0.2) is 0 Å². The molecule has 1 aliphatic rings. The summed E-state index contributed by atoms with van der Waals surface area (Å²) in [6, 6.07) is 5.83. The van der Waals surface area contributed by atoms with E-state index in [0.29, 0.717) is 18.9 Å². The first kappa shape index (κ1) is 18.0. The zero-order valence-electron chi connectivity index (χ0n) is 14.1. The Kier molecular flexibility index (Phi) is 6.22. The maximum atomic E-state index is 12.4. The van der Waals surface area contributed by atoms with Crippen LogP contribution in [-0.2, 0) is 9.59 Å². The number of carbonyl (C=O) groups is 2. The Morgan fingerprint density at radius 1 is 1.30 bits per heavy atom. The molecule has 0 saturated carbocycles. The normalized spacial score (nSPS) is 15.6. The van der Waals surface area contributed by atoms with Crippen LogP contribution < -0.4 is 4.90 Å². The highest BCUT2D eigenvalue weighted by molar-refractivity contribution is 9.10. The van der Waals surface area contributed by atoms with Crippen LogP contribution in [0, 0.1) is 12.8 Å². The molecule has 1 heterocycles. The number of halogens is 1. The minimum Gasteiger partial charge on any atom is -0.343 e. The summed E-state index contributed by atoms with van der Waals surface area (Å²) < 4.78 is 0.987. The molecule has 0 N–H and O–H groups in total. The Morgan fingerprint density at radius 3 is 2.52 bits per heavy atom. The predicted octanol–water partition coefficient (Wildman–Crippen LogP) is 3.76. The second kappa shape index (κ2) is 7.95. The number of benzene rings is 1. The summed E-state index contributed by atoms with van der Waals surface area (Å²) >= 11 is 3.44. The van der Waals surface area contributed by atoms with Gasteiger partial charge in [-0.25, -0.2) is 0 Å². The van der Waals surface area contributed by atoms with E-state index in [9.17, 15) is 9.59 Å². The molecule has 126 valence electrons.